The second-order valence-corrected chi connectivity index (χ2v) is 9.65. The second-order valence-electron chi connectivity index (χ2n) is 9.65. The van der Waals surface area contributed by atoms with E-state index >= 15 is 0 Å². The van der Waals surface area contributed by atoms with Crippen molar-refractivity contribution >= 4 is 22.3 Å². The maximum absolute atomic E-state index is 11.8. The number of likely N-dealkylation sites (tertiary alicyclic amines) is 1. The maximum Gasteiger partial charge on any atom is 0.331 e. The van der Waals surface area contributed by atoms with Gasteiger partial charge in [-0.15, -0.1) is 0 Å². The number of hydrogen-bond donors (Lipinski definition) is 2. The van der Waals surface area contributed by atoms with E-state index in [1.54, 1.807) is 19.1 Å². The molecule has 1 aliphatic heterocycles. The average Bonchev–Trinajstić information content (AvgIpc) is 2.89. The van der Waals surface area contributed by atoms with Crippen LogP contribution in [0.25, 0.3) is 16.3 Å². The molecular formula is C31H37NO4. The molecular weight excluding hydrogens is 450 g/mol. The first kappa shape index (κ1) is 25.8. The minimum Gasteiger partial charge on any atom is -0.508 e. The summed E-state index contributed by atoms with van der Waals surface area (Å²) in [7, 11) is 0. The van der Waals surface area contributed by atoms with E-state index in [9.17, 15) is 15.0 Å². The number of phenolic OH excluding ortho intramolecular Hbond substituents is 1. The molecule has 3 aromatic carbocycles. The lowest BCUT2D eigenvalue weighted by Crippen LogP contribution is -2.33. The number of aryl methyl sites for hydroxylation is 2. The van der Waals surface area contributed by atoms with Gasteiger partial charge in [0.2, 0.25) is 0 Å². The van der Waals surface area contributed by atoms with Crippen LogP contribution < -0.4 is 4.74 Å². The lowest BCUT2D eigenvalue weighted by atomic mass is 9.87. The molecule has 1 saturated heterocycles. The largest absolute Gasteiger partial charge is 0.508 e. The Hall–Kier alpha value is -3.31. The number of hydrogen-bond acceptors (Lipinski definition) is 4. The third-order valence-corrected chi connectivity index (χ3v) is 7.28. The lowest BCUT2D eigenvalue weighted by Gasteiger charge is -2.26. The Kier molecular flexibility index (Phi) is 8.65. The average molecular weight is 488 g/mol. The highest BCUT2D eigenvalue weighted by molar-refractivity contribution is 5.99. The SMILES string of the molecule is CC/C(=C(/C)C(=O)O)c1ccc2cc(O)ccc2c1CCc1ccc(OCCN2CCCCC2)cc1. The molecule has 0 spiro atoms. The van der Waals surface area contributed by atoms with Crippen molar-refractivity contribution in [3.05, 3.63) is 76.9 Å². The van der Waals surface area contributed by atoms with Crippen molar-refractivity contribution in [2.24, 2.45) is 0 Å². The van der Waals surface area contributed by atoms with Gasteiger partial charge in [-0.1, -0.05) is 43.7 Å². The smallest absolute Gasteiger partial charge is 0.331 e. The summed E-state index contributed by atoms with van der Waals surface area (Å²) in [6.07, 6.45) is 6.15. The number of carbonyl (C=O) groups is 1. The predicted octanol–water partition coefficient (Wildman–Crippen LogP) is 6.46. The first-order valence-corrected chi connectivity index (χ1v) is 13.1. The van der Waals surface area contributed by atoms with Crippen LogP contribution in [0.4, 0.5) is 0 Å². The highest BCUT2D eigenvalue weighted by atomic mass is 16.5. The monoisotopic (exact) mass is 487 g/mol. The third kappa shape index (κ3) is 6.27. The molecule has 0 radical (unpaired) electrons. The van der Waals surface area contributed by atoms with Crippen molar-refractivity contribution in [1.82, 2.24) is 4.90 Å². The number of ether oxygens (including phenoxy) is 1. The van der Waals surface area contributed by atoms with Crippen molar-refractivity contribution in [3.63, 3.8) is 0 Å². The number of phenols is 1. The Morgan fingerprint density at radius 2 is 1.72 bits per heavy atom. The molecule has 3 aromatic rings. The van der Waals surface area contributed by atoms with Gasteiger partial charge >= 0.3 is 5.97 Å². The second kappa shape index (κ2) is 12.1. The van der Waals surface area contributed by atoms with Crippen molar-refractivity contribution in [3.8, 4) is 11.5 Å². The van der Waals surface area contributed by atoms with Gasteiger partial charge in [0.15, 0.2) is 0 Å². The number of nitrogens with zero attached hydrogens (tertiary/aromatic N) is 1. The summed E-state index contributed by atoms with van der Waals surface area (Å²) in [5.74, 6) is 0.231. The van der Waals surface area contributed by atoms with Gasteiger partial charge in [0.05, 0.1) is 0 Å². The van der Waals surface area contributed by atoms with Crippen molar-refractivity contribution in [2.75, 3.05) is 26.2 Å². The number of fused-ring (bicyclic) bond motifs is 1. The van der Waals surface area contributed by atoms with E-state index < -0.39 is 5.97 Å². The molecule has 0 atom stereocenters. The molecule has 2 N–H and O–H groups in total. The van der Waals surface area contributed by atoms with E-state index in [1.807, 2.05) is 37.3 Å². The molecule has 4 rings (SSSR count). The number of allylic oxidation sites excluding steroid dienone is 1. The number of aromatic hydroxyl groups is 1. The normalized spacial score (nSPS) is 15.1. The van der Waals surface area contributed by atoms with Gasteiger partial charge in [-0.2, -0.15) is 0 Å². The molecule has 1 aliphatic rings. The van der Waals surface area contributed by atoms with Crippen LogP contribution in [0.2, 0.25) is 0 Å². The summed E-state index contributed by atoms with van der Waals surface area (Å²) in [4.78, 5) is 14.2. The first-order valence-electron chi connectivity index (χ1n) is 13.1. The molecule has 5 heteroatoms. The summed E-state index contributed by atoms with van der Waals surface area (Å²) in [5.41, 5.74) is 4.53. The molecule has 0 unspecified atom stereocenters. The topological polar surface area (TPSA) is 70.0 Å². The summed E-state index contributed by atoms with van der Waals surface area (Å²) in [5, 5.41) is 21.6. The Balaban J connectivity index is 1.50. The van der Waals surface area contributed by atoms with Crippen LogP contribution >= 0.6 is 0 Å². The van der Waals surface area contributed by atoms with Gasteiger partial charge in [-0.05, 0) is 109 Å². The minimum atomic E-state index is -0.889. The van der Waals surface area contributed by atoms with Gasteiger partial charge < -0.3 is 14.9 Å². The summed E-state index contributed by atoms with van der Waals surface area (Å²) >= 11 is 0. The van der Waals surface area contributed by atoms with Gasteiger partial charge in [0.25, 0.3) is 0 Å². The molecule has 0 aromatic heterocycles. The first-order chi connectivity index (χ1) is 17.5. The highest BCUT2D eigenvalue weighted by Crippen LogP contribution is 2.33. The zero-order chi connectivity index (χ0) is 25.5. The Labute approximate surface area is 214 Å². The van der Waals surface area contributed by atoms with E-state index in [4.69, 9.17) is 4.74 Å². The fourth-order valence-electron chi connectivity index (χ4n) is 5.22. The maximum atomic E-state index is 11.8. The van der Waals surface area contributed by atoms with Crippen LogP contribution in [-0.4, -0.2) is 47.3 Å². The molecule has 0 saturated carbocycles. The molecule has 0 bridgehead atoms. The zero-order valence-corrected chi connectivity index (χ0v) is 21.4. The van der Waals surface area contributed by atoms with Crippen molar-refractivity contribution < 1.29 is 19.7 Å². The van der Waals surface area contributed by atoms with E-state index in [2.05, 4.69) is 17.0 Å². The van der Waals surface area contributed by atoms with Crippen LogP contribution in [0.5, 0.6) is 11.5 Å². The molecule has 0 aliphatic carbocycles. The number of benzene rings is 3. The lowest BCUT2D eigenvalue weighted by molar-refractivity contribution is -0.132. The minimum absolute atomic E-state index is 0.227. The number of carboxylic acids is 1. The molecule has 1 fully saturated rings. The van der Waals surface area contributed by atoms with Crippen molar-refractivity contribution in [1.29, 1.82) is 0 Å². The van der Waals surface area contributed by atoms with Gasteiger partial charge in [0.1, 0.15) is 18.1 Å². The van der Waals surface area contributed by atoms with Gasteiger partial charge in [0, 0.05) is 12.1 Å². The summed E-state index contributed by atoms with van der Waals surface area (Å²) < 4.78 is 5.98. The molecule has 5 nitrogen and oxygen atoms in total. The van der Waals surface area contributed by atoms with Crippen LogP contribution in [0, 0.1) is 0 Å². The van der Waals surface area contributed by atoms with Crippen molar-refractivity contribution in [2.45, 2.75) is 52.4 Å². The number of aliphatic carboxylic acids is 1. The summed E-state index contributed by atoms with van der Waals surface area (Å²) in [6, 6.07) is 17.7. The van der Waals surface area contributed by atoms with E-state index in [0.29, 0.717) is 18.6 Å². The Bertz CT molecular complexity index is 1220. The molecule has 1 heterocycles. The molecule has 0 amide bonds. The van der Waals surface area contributed by atoms with Crippen LogP contribution in [0.15, 0.2) is 60.2 Å². The summed E-state index contributed by atoms with van der Waals surface area (Å²) in [6.45, 7) is 7.72. The molecule has 36 heavy (non-hydrogen) atoms. The number of rotatable bonds is 10. The zero-order valence-electron chi connectivity index (χ0n) is 21.4. The van der Waals surface area contributed by atoms with Crippen LogP contribution in [0.3, 0.4) is 0 Å². The fraction of sp³-hybridized carbons (Fsp3) is 0.387. The fourth-order valence-corrected chi connectivity index (χ4v) is 5.22. The Morgan fingerprint density at radius 1 is 0.972 bits per heavy atom. The van der Waals surface area contributed by atoms with Gasteiger partial charge in [-0.25, -0.2) is 4.79 Å². The molecule has 190 valence electrons. The standard InChI is InChI=1S/C31H37NO4/c1-3-27(22(2)31(34)35)29-15-10-24-21-25(33)11-16-28(24)30(29)14-9-23-7-12-26(13-8-23)36-20-19-32-17-5-4-6-18-32/h7-8,10-13,15-16,21,33H,3-6,9,14,17-20H2,1-2H3,(H,34,35)/b27-22+. The number of carboxylic acid groups (broad SMARTS) is 1. The van der Waals surface area contributed by atoms with Crippen LogP contribution in [-0.2, 0) is 17.6 Å². The Morgan fingerprint density at radius 3 is 2.42 bits per heavy atom. The highest BCUT2D eigenvalue weighted by Gasteiger charge is 2.16. The number of piperidine rings is 1. The van der Waals surface area contributed by atoms with E-state index in [-0.39, 0.29) is 5.75 Å². The third-order valence-electron chi connectivity index (χ3n) is 7.28. The predicted molar refractivity (Wildman–Crippen MR) is 146 cm³/mol. The quantitative estimate of drug-likeness (QED) is 0.321. The van der Waals surface area contributed by atoms with Crippen LogP contribution in [0.1, 0.15) is 56.2 Å². The van der Waals surface area contributed by atoms with E-state index in [0.717, 1.165) is 52.6 Å². The van der Waals surface area contributed by atoms with E-state index in [1.165, 1.54) is 37.9 Å². The van der Waals surface area contributed by atoms with Gasteiger partial charge in [-0.3, -0.25) is 4.90 Å².